The van der Waals surface area contributed by atoms with Crippen LogP contribution in [0.5, 0.6) is 0 Å². The molecule has 5 heteroatoms. The maximum Gasteiger partial charge on any atom is 0.222 e. The van der Waals surface area contributed by atoms with Crippen LogP contribution in [0.25, 0.3) is 0 Å². The lowest BCUT2D eigenvalue weighted by Crippen LogP contribution is -2.45. The predicted molar refractivity (Wildman–Crippen MR) is 259 cm³/mol. The van der Waals surface area contributed by atoms with Crippen LogP contribution < -0.4 is 5.32 Å². The van der Waals surface area contributed by atoms with Gasteiger partial charge in [0.25, 0.3) is 0 Å². The van der Waals surface area contributed by atoms with Crippen molar-refractivity contribution in [1.82, 2.24) is 5.32 Å². The minimum Gasteiger partial charge on any atom is -0.394 e. The second-order valence-electron chi connectivity index (χ2n) is 18.9. The highest BCUT2D eigenvalue weighted by Gasteiger charge is 2.20. The Hall–Kier alpha value is -0.910. The molecule has 0 rings (SSSR count). The lowest BCUT2D eigenvalue weighted by atomic mass is 10.0. The first-order valence-corrected chi connectivity index (χ1v) is 27.0. The third kappa shape index (κ3) is 46.4. The standard InChI is InChI=1S/C54H107NO4/c1-3-5-7-9-11-13-15-17-19-21-23-25-26-28-29-31-33-35-37-39-41-43-45-47-51(57)49-54(59)55-52(50-56)53(58)48-46-44-42-40-38-36-34-32-30-27-24-22-20-18-16-14-12-10-8-6-4-2/h46,48,51-53,56-58H,3-45,47,49-50H2,1-2H3,(H,55,59)/b48-46+. The summed E-state index contributed by atoms with van der Waals surface area (Å²) in [5.41, 5.74) is 0. The van der Waals surface area contributed by atoms with Gasteiger partial charge in [0, 0.05) is 0 Å². The first-order chi connectivity index (χ1) is 29.0. The van der Waals surface area contributed by atoms with Gasteiger partial charge in [-0.1, -0.05) is 289 Å². The van der Waals surface area contributed by atoms with E-state index in [2.05, 4.69) is 19.2 Å². The van der Waals surface area contributed by atoms with Crippen molar-refractivity contribution in [2.24, 2.45) is 0 Å². The highest BCUT2D eigenvalue weighted by Crippen LogP contribution is 2.18. The van der Waals surface area contributed by atoms with Gasteiger partial charge in [0.15, 0.2) is 0 Å². The molecule has 0 aliphatic carbocycles. The predicted octanol–water partition coefficient (Wildman–Crippen LogP) is 16.3. The number of allylic oxidation sites excluding steroid dienone is 1. The van der Waals surface area contributed by atoms with Crippen molar-refractivity contribution in [3.63, 3.8) is 0 Å². The van der Waals surface area contributed by atoms with Crippen LogP contribution in [0.1, 0.15) is 303 Å². The zero-order chi connectivity index (χ0) is 43.0. The van der Waals surface area contributed by atoms with E-state index in [1.807, 2.05) is 6.08 Å². The van der Waals surface area contributed by atoms with Gasteiger partial charge in [0.1, 0.15) is 0 Å². The van der Waals surface area contributed by atoms with E-state index >= 15 is 0 Å². The molecule has 3 unspecified atom stereocenters. The molecule has 59 heavy (non-hydrogen) atoms. The Morgan fingerprint density at radius 3 is 0.983 bits per heavy atom. The molecule has 5 nitrogen and oxygen atoms in total. The zero-order valence-electron chi connectivity index (χ0n) is 40.2. The number of carbonyl (C=O) groups is 1. The van der Waals surface area contributed by atoms with E-state index in [1.54, 1.807) is 6.08 Å². The number of aliphatic hydroxyl groups is 3. The Labute approximate surface area is 369 Å². The summed E-state index contributed by atoms with van der Waals surface area (Å²) in [6.45, 7) is 4.25. The fourth-order valence-electron chi connectivity index (χ4n) is 8.70. The van der Waals surface area contributed by atoms with Crippen LogP contribution in [-0.4, -0.2) is 46.1 Å². The maximum atomic E-state index is 12.5. The van der Waals surface area contributed by atoms with Gasteiger partial charge in [-0.2, -0.15) is 0 Å². The minimum absolute atomic E-state index is 0.0194. The van der Waals surface area contributed by atoms with E-state index in [-0.39, 0.29) is 18.9 Å². The van der Waals surface area contributed by atoms with Crippen LogP contribution in [0, 0.1) is 0 Å². The second-order valence-corrected chi connectivity index (χ2v) is 18.9. The molecule has 0 aliphatic heterocycles. The van der Waals surface area contributed by atoms with Gasteiger partial charge in [-0.25, -0.2) is 0 Å². The lowest BCUT2D eigenvalue weighted by Gasteiger charge is -2.21. The number of aliphatic hydroxyl groups excluding tert-OH is 3. The van der Waals surface area contributed by atoms with E-state index in [9.17, 15) is 20.1 Å². The van der Waals surface area contributed by atoms with Crippen LogP contribution in [0.4, 0.5) is 0 Å². The Kier molecular flexibility index (Phi) is 49.0. The van der Waals surface area contributed by atoms with Crippen molar-refractivity contribution < 1.29 is 20.1 Å². The van der Waals surface area contributed by atoms with Gasteiger partial charge in [0.2, 0.25) is 5.91 Å². The molecule has 3 atom stereocenters. The summed E-state index contributed by atoms with van der Waals surface area (Å²) in [4.78, 5) is 12.5. The van der Waals surface area contributed by atoms with Crippen LogP contribution in [0.15, 0.2) is 12.2 Å². The van der Waals surface area contributed by atoms with Gasteiger partial charge in [0.05, 0.1) is 31.3 Å². The molecule has 0 saturated heterocycles. The molecular formula is C54H107NO4. The lowest BCUT2D eigenvalue weighted by molar-refractivity contribution is -0.124. The Bertz CT molecular complexity index is 833. The van der Waals surface area contributed by atoms with E-state index in [0.29, 0.717) is 6.42 Å². The monoisotopic (exact) mass is 834 g/mol. The largest absolute Gasteiger partial charge is 0.394 e. The summed E-state index contributed by atoms with van der Waals surface area (Å²) >= 11 is 0. The van der Waals surface area contributed by atoms with Gasteiger partial charge in [-0.15, -0.1) is 0 Å². The van der Waals surface area contributed by atoms with Crippen molar-refractivity contribution in [3.8, 4) is 0 Å². The number of unbranched alkanes of at least 4 members (excludes halogenated alkanes) is 41. The SMILES string of the molecule is CCCCCCCCCCCCCCCCCCCCC/C=C/C(O)C(CO)NC(=O)CC(O)CCCCCCCCCCCCCCCCCCCCCCCCC. The number of amides is 1. The van der Waals surface area contributed by atoms with Gasteiger partial charge < -0.3 is 20.6 Å². The Morgan fingerprint density at radius 2 is 0.695 bits per heavy atom. The molecule has 0 aromatic rings. The smallest absolute Gasteiger partial charge is 0.222 e. The Morgan fingerprint density at radius 1 is 0.424 bits per heavy atom. The number of hydrogen-bond acceptors (Lipinski definition) is 4. The topological polar surface area (TPSA) is 89.8 Å². The zero-order valence-corrected chi connectivity index (χ0v) is 40.2. The second kappa shape index (κ2) is 49.7. The van der Waals surface area contributed by atoms with Crippen LogP contribution in [0.3, 0.4) is 0 Å². The van der Waals surface area contributed by atoms with Gasteiger partial charge in [-0.3, -0.25) is 4.79 Å². The first-order valence-electron chi connectivity index (χ1n) is 27.0. The molecular weight excluding hydrogens is 727 g/mol. The number of hydrogen-bond donors (Lipinski definition) is 4. The molecule has 4 N–H and O–H groups in total. The number of carbonyl (C=O) groups excluding carboxylic acids is 1. The first kappa shape index (κ1) is 58.1. The van der Waals surface area contributed by atoms with Gasteiger partial charge in [-0.05, 0) is 19.3 Å². The highest BCUT2D eigenvalue weighted by molar-refractivity contribution is 5.76. The van der Waals surface area contributed by atoms with E-state index < -0.39 is 18.2 Å². The normalized spacial score (nSPS) is 13.4. The molecule has 0 spiro atoms. The van der Waals surface area contributed by atoms with Crippen LogP contribution >= 0.6 is 0 Å². The molecule has 0 heterocycles. The summed E-state index contributed by atoms with van der Waals surface area (Å²) in [5, 5.41) is 33.4. The average molecular weight is 834 g/mol. The molecule has 0 aromatic carbocycles. The van der Waals surface area contributed by atoms with Crippen LogP contribution in [-0.2, 0) is 4.79 Å². The molecule has 0 saturated carbocycles. The molecule has 0 fully saturated rings. The Balaban J connectivity index is 3.55. The van der Waals surface area contributed by atoms with E-state index in [4.69, 9.17) is 0 Å². The van der Waals surface area contributed by atoms with Crippen molar-refractivity contribution in [2.45, 2.75) is 321 Å². The van der Waals surface area contributed by atoms with Crippen LogP contribution in [0.2, 0.25) is 0 Å². The summed E-state index contributed by atoms with van der Waals surface area (Å²) < 4.78 is 0. The third-order valence-corrected chi connectivity index (χ3v) is 12.8. The average Bonchev–Trinajstić information content (AvgIpc) is 3.23. The van der Waals surface area contributed by atoms with E-state index in [0.717, 1.165) is 25.7 Å². The molecule has 0 bridgehead atoms. The molecule has 352 valence electrons. The molecule has 0 aromatic heterocycles. The van der Waals surface area contributed by atoms with Crippen molar-refractivity contribution in [2.75, 3.05) is 6.61 Å². The van der Waals surface area contributed by atoms with E-state index in [1.165, 1.54) is 250 Å². The molecule has 1 amide bonds. The fraction of sp³-hybridized carbons (Fsp3) is 0.944. The summed E-state index contributed by atoms with van der Waals surface area (Å²) in [7, 11) is 0. The highest BCUT2D eigenvalue weighted by atomic mass is 16.3. The number of nitrogens with one attached hydrogen (secondary N) is 1. The summed E-state index contributed by atoms with van der Waals surface area (Å²) in [6.07, 6.45) is 61.0. The minimum atomic E-state index is -0.925. The summed E-state index contributed by atoms with van der Waals surface area (Å²) in [6, 6.07) is -0.740. The van der Waals surface area contributed by atoms with Crippen molar-refractivity contribution in [3.05, 3.63) is 12.2 Å². The van der Waals surface area contributed by atoms with Gasteiger partial charge >= 0.3 is 0 Å². The summed E-state index contributed by atoms with van der Waals surface area (Å²) in [5.74, 6) is -0.308. The van der Waals surface area contributed by atoms with Crippen molar-refractivity contribution >= 4 is 5.91 Å². The van der Waals surface area contributed by atoms with Crippen molar-refractivity contribution in [1.29, 1.82) is 0 Å². The molecule has 0 aliphatic rings. The fourth-order valence-corrected chi connectivity index (χ4v) is 8.70. The molecule has 0 radical (unpaired) electrons. The quantitative estimate of drug-likeness (QED) is 0.0363. The number of rotatable bonds is 50. The maximum absolute atomic E-state index is 12.5. The third-order valence-electron chi connectivity index (χ3n) is 12.8.